The van der Waals surface area contributed by atoms with Crippen LogP contribution < -0.4 is 15.4 Å². The van der Waals surface area contributed by atoms with Crippen LogP contribution in [-0.2, 0) is 0 Å². The fraction of sp³-hybridized carbons (Fsp3) is 0.300. The largest absolute Gasteiger partial charge is 0.493 e. The van der Waals surface area contributed by atoms with Gasteiger partial charge in [-0.3, -0.25) is 9.59 Å². The van der Waals surface area contributed by atoms with Gasteiger partial charge in [-0.2, -0.15) is 0 Å². The molecule has 25 heavy (non-hydrogen) atoms. The number of carbonyl (C=O) groups excluding carboxylic acids is 2. The number of rotatable bonds is 8. The van der Waals surface area contributed by atoms with Crippen LogP contribution in [0.4, 0.5) is 5.69 Å². The number of amides is 2. The molecular weight excluding hydrogens is 316 g/mol. The Bertz CT molecular complexity index is 711. The minimum Gasteiger partial charge on any atom is -0.493 e. The zero-order valence-corrected chi connectivity index (χ0v) is 14.7. The first-order valence-corrected chi connectivity index (χ1v) is 8.57. The van der Waals surface area contributed by atoms with Gasteiger partial charge in [0.15, 0.2) is 0 Å². The molecule has 2 N–H and O–H groups in total. The van der Waals surface area contributed by atoms with Crippen LogP contribution in [0.25, 0.3) is 0 Å². The van der Waals surface area contributed by atoms with Crippen LogP contribution in [0.3, 0.4) is 0 Å². The quantitative estimate of drug-likeness (QED) is 0.717. The molecule has 2 aromatic rings. The Morgan fingerprint density at radius 2 is 1.68 bits per heavy atom. The Hall–Kier alpha value is -2.82. The lowest BCUT2D eigenvalue weighted by molar-refractivity contribution is 0.0952. The second kappa shape index (κ2) is 9.47. The number of hydrogen-bond donors (Lipinski definition) is 2. The monoisotopic (exact) mass is 340 g/mol. The summed E-state index contributed by atoms with van der Waals surface area (Å²) in [5.74, 6) is 0.201. The maximum atomic E-state index is 12.4. The molecule has 5 heteroatoms. The maximum Gasteiger partial charge on any atom is 0.259 e. The zero-order chi connectivity index (χ0) is 18.1. The van der Waals surface area contributed by atoms with Gasteiger partial charge in [-0.25, -0.2) is 0 Å². The summed E-state index contributed by atoms with van der Waals surface area (Å²) in [6.45, 7) is 5.11. The first kappa shape index (κ1) is 18.5. The van der Waals surface area contributed by atoms with Gasteiger partial charge in [0, 0.05) is 17.8 Å². The van der Waals surface area contributed by atoms with Gasteiger partial charge in [-0.05, 0) is 49.7 Å². The lowest BCUT2D eigenvalue weighted by atomic mass is 10.1. The summed E-state index contributed by atoms with van der Waals surface area (Å²) in [5, 5.41) is 5.69. The number of hydrogen-bond acceptors (Lipinski definition) is 3. The minimum atomic E-state index is -0.246. The van der Waals surface area contributed by atoms with Crippen molar-refractivity contribution < 1.29 is 14.3 Å². The normalized spacial score (nSPS) is 10.2. The van der Waals surface area contributed by atoms with Gasteiger partial charge in [0.05, 0.1) is 12.2 Å². The van der Waals surface area contributed by atoms with Gasteiger partial charge >= 0.3 is 0 Å². The Morgan fingerprint density at radius 1 is 0.960 bits per heavy atom. The van der Waals surface area contributed by atoms with Gasteiger partial charge in [0.2, 0.25) is 0 Å². The molecule has 0 aromatic heterocycles. The van der Waals surface area contributed by atoms with Crippen molar-refractivity contribution in [2.45, 2.75) is 26.7 Å². The van der Waals surface area contributed by atoms with E-state index in [1.165, 1.54) is 0 Å². The van der Waals surface area contributed by atoms with Crippen molar-refractivity contribution >= 4 is 17.5 Å². The molecule has 0 saturated carbocycles. The summed E-state index contributed by atoms with van der Waals surface area (Å²) in [6.07, 6.45) is 1.99. The number of unbranched alkanes of at least 4 members (excludes halogenated alkanes) is 1. The molecule has 0 spiro atoms. The Balaban J connectivity index is 2.01. The Morgan fingerprint density at radius 3 is 2.36 bits per heavy atom. The van der Waals surface area contributed by atoms with Gasteiger partial charge in [-0.15, -0.1) is 0 Å². The molecule has 0 radical (unpaired) electrons. The van der Waals surface area contributed by atoms with Crippen molar-refractivity contribution in [2.75, 3.05) is 18.5 Å². The molecule has 0 heterocycles. The fourth-order valence-corrected chi connectivity index (χ4v) is 2.32. The Kier molecular flexibility index (Phi) is 7.01. The van der Waals surface area contributed by atoms with E-state index in [1.54, 1.807) is 42.5 Å². The summed E-state index contributed by atoms with van der Waals surface area (Å²) in [4.78, 5) is 24.4. The van der Waals surface area contributed by atoms with Gasteiger partial charge in [0.1, 0.15) is 5.75 Å². The smallest absolute Gasteiger partial charge is 0.259 e. The molecule has 0 aliphatic rings. The van der Waals surface area contributed by atoms with Crippen molar-refractivity contribution in [3.05, 3.63) is 59.7 Å². The minimum absolute atomic E-state index is 0.104. The number of carbonyl (C=O) groups is 2. The highest BCUT2D eigenvalue weighted by Gasteiger charge is 2.12. The van der Waals surface area contributed by atoms with E-state index < -0.39 is 0 Å². The third kappa shape index (κ3) is 5.35. The molecular formula is C20H24N2O3. The third-order valence-corrected chi connectivity index (χ3v) is 3.65. The summed E-state index contributed by atoms with van der Waals surface area (Å²) >= 11 is 0. The van der Waals surface area contributed by atoms with E-state index in [1.807, 2.05) is 13.0 Å². The van der Waals surface area contributed by atoms with E-state index in [0.29, 0.717) is 35.7 Å². The van der Waals surface area contributed by atoms with Crippen LogP contribution >= 0.6 is 0 Å². The maximum absolute atomic E-state index is 12.4. The van der Waals surface area contributed by atoms with Crippen LogP contribution in [0.2, 0.25) is 0 Å². The lowest BCUT2D eigenvalue weighted by Crippen LogP contribution is -2.24. The van der Waals surface area contributed by atoms with Gasteiger partial charge in [-0.1, -0.05) is 25.5 Å². The number of anilines is 1. The summed E-state index contributed by atoms with van der Waals surface area (Å²) in [5.41, 5.74) is 1.68. The van der Waals surface area contributed by atoms with Crippen LogP contribution in [0, 0.1) is 0 Å². The predicted octanol–water partition coefficient (Wildman–Crippen LogP) is 3.87. The molecule has 5 nitrogen and oxygen atoms in total. The van der Waals surface area contributed by atoms with E-state index in [-0.39, 0.29) is 11.8 Å². The molecule has 0 bridgehead atoms. The van der Waals surface area contributed by atoms with Crippen molar-refractivity contribution in [3.63, 3.8) is 0 Å². The predicted molar refractivity (Wildman–Crippen MR) is 99.2 cm³/mol. The van der Waals surface area contributed by atoms with Crippen LogP contribution in [-0.4, -0.2) is 25.0 Å². The molecule has 2 amide bonds. The third-order valence-electron chi connectivity index (χ3n) is 3.65. The highest BCUT2D eigenvalue weighted by molar-refractivity contribution is 6.06. The van der Waals surface area contributed by atoms with Crippen molar-refractivity contribution in [1.82, 2.24) is 5.32 Å². The number of benzene rings is 2. The summed E-state index contributed by atoms with van der Waals surface area (Å²) in [7, 11) is 0. The molecule has 2 rings (SSSR count). The molecule has 0 aliphatic heterocycles. The molecule has 0 fully saturated rings. The topological polar surface area (TPSA) is 67.4 Å². The first-order chi connectivity index (χ1) is 12.2. The first-order valence-electron chi connectivity index (χ1n) is 8.57. The average molecular weight is 340 g/mol. The van der Waals surface area contributed by atoms with E-state index >= 15 is 0 Å². The van der Waals surface area contributed by atoms with Crippen LogP contribution in [0.1, 0.15) is 47.4 Å². The second-order valence-corrected chi connectivity index (χ2v) is 5.57. The van der Waals surface area contributed by atoms with Gasteiger partial charge in [0.25, 0.3) is 11.8 Å². The van der Waals surface area contributed by atoms with E-state index in [0.717, 1.165) is 12.8 Å². The zero-order valence-electron chi connectivity index (χ0n) is 14.7. The molecule has 132 valence electrons. The number of ether oxygens (including phenoxy) is 1. The lowest BCUT2D eigenvalue weighted by Gasteiger charge is -2.11. The molecule has 0 saturated heterocycles. The molecule has 0 atom stereocenters. The van der Waals surface area contributed by atoms with Gasteiger partial charge < -0.3 is 15.4 Å². The highest BCUT2D eigenvalue weighted by atomic mass is 16.5. The average Bonchev–Trinajstić information content (AvgIpc) is 2.63. The second-order valence-electron chi connectivity index (χ2n) is 5.57. The fourth-order valence-electron chi connectivity index (χ4n) is 2.32. The Labute approximate surface area is 148 Å². The highest BCUT2D eigenvalue weighted by Crippen LogP contribution is 2.20. The van der Waals surface area contributed by atoms with Crippen molar-refractivity contribution in [2.24, 2.45) is 0 Å². The SMILES string of the molecule is CCCCNC(=O)c1ccc(NC(=O)c2ccccc2OCC)cc1. The standard InChI is InChI=1S/C20H24N2O3/c1-3-5-14-21-19(23)15-10-12-16(13-11-15)22-20(24)17-8-6-7-9-18(17)25-4-2/h6-13H,3-5,14H2,1-2H3,(H,21,23)(H,22,24). The van der Waals surface area contributed by atoms with Crippen LogP contribution in [0.5, 0.6) is 5.75 Å². The summed E-state index contributed by atoms with van der Waals surface area (Å²) in [6, 6.07) is 13.9. The molecule has 2 aromatic carbocycles. The summed E-state index contributed by atoms with van der Waals surface area (Å²) < 4.78 is 5.48. The molecule has 0 unspecified atom stereocenters. The number of para-hydroxylation sites is 1. The van der Waals surface area contributed by atoms with Crippen molar-refractivity contribution in [3.8, 4) is 5.75 Å². The molecule has 0 aliphatic carbocycles. The van der Waals surface area contributed by atoms with Crippen molar-refractivity contribution in [1.29, 1.82) is 0 Å². The van der Waals surface area contributed by atoms with E-state index in [2.05, 4.69) is 17.6 Å². The van der Waals surface area contributed by atoms with E-state index in [4.69, 9.17) is 4.74 Å². The van der Waals surface area contributed by atoms with E-state index in [9.17, 15) is 9.59 Å². The number of nitrogens with one attached hydrogen (secondary N) is 2. The van der Waals surface area contributed by atoms with Crippen LogP contribution in [0.15, 0.2) is 48.5 Å².